The van der Waals surface area contributed by atoms with Gasteiger partial charge in [0.25, 0.3) is 0 Å². The van der Waals surface area contributed by atoms with Crippen molar-refractivity contribution in [2.75, 3.05) is 6.61 Å². The van der Waals surface area contributed by atoms with Gasteiger partial charge >= 0.3 is 0 Å². The summed E-state index contributed by atoms with van der Waals surface area (Å²) in [6.45, 7) is 3.88. The number of rotatable bonds is 5. The molecule has 1 heterocycles. The molecule has 18 heavy (non-hydrogen) atoms. The van der Waals surface area contributed by atoms with Crippen LogP contribution < -0.4 is 5.32 Å². The van der Waals surface area contributed by atoms with Crippen LogP contribution >= 0.6 is 0 Å². The summed E-state index contributed by atoms with van der Waals surface area (Å²) in [6, 6.07) is 9.72. The van der Waals surface area contributed by atoms with Gasteiger partial charge in [0, 0.05) is 6.04 Å². The van der Waals surface area contributed by atoms with Crippen molar-refractivity contribution in [3.8, 4) is 0 Å². The Morgan fingerprint density at radius 1 is 1.33 bits per heavy atom. The summed E-state index contributed by atoms with van der Waals surface area (Å²) >= 11 is 0. The second kappa shape index (κ2) is 5.41. The molecule has 0 saturated heterocycles. The average Bonchev–Trinajstić information content (AvgIpc) is 3.22. The molecule has 2 aliphatic rings. The highest BCUT2D eigenvalue weighted by atomic mass is 16.5. The number of benzene rings is 1. The maximum absolute atomic E-state index is 5.71. The first-order valence-corrected chi connectivity index (χ1v) is 7.28. The highest BCUT2D eigenvalue weighted by molar-refractivity contribution is 5.31. The molecular formula is C16H23NO. The van der Waals surface area contributed by atoms with E-state index in [2.05, 4.69) is 36.5 Å². The summed E-state index contributed by atoms with van der Waals surface area (Å²) < 4.78 is 5.71. The van der Waals surface area contributed by atoms with Crippen LogP contribution in [0.1, 0.15) is 49.8 Å². The lowest BCUT2D eigenvalue weighted by molar-refractivity contribution is 0.0775. The minimum absolute atomic E-state index is 0.388. The maximum atomic E-state index is 5.71. The van der Waals surface area contributed by atoms with Gasteiger partial charge < -0.3 is 10.1 Å². The first-order valence-electron chi connectivity index (χ1n) is 7.28. The molecule has 98 valence electrons. The van der Waals surface area contributed by atoms with Crippen molar-refractivity contribution in [3.05, 3.63) is 35.4 Å². The monoisotopic (exact) mass is 245 g/mol. The van der Waals surface area contributed by atoms with Crippen molar-refractivity contribution >= 4 is 0 Å². The maximum Gasteiger partial charge on any atom is 0.0721 e. The van der Waals surface area contributed by atoms with E-state index in [-0.39, 0.29) is 0 Å². The summed E-state index contributed by atoms with van der Waals surface area (Å²) in [6.07, 6.45) is 5.44. The molecule has 0 bridgehead atoms. The fourth-order valence-electron chi connectivity index (χ4n) is 2.91. The Morgan fingerprint density at radius 2 is 2.17 bits per heavy atom. The summed E-state index contributed by atoms with van der Waals surface area (Å²) in [5.74, 6) is 0.988. The number of fused-ring (bicyclic) bond motifs is 1. The predicted molar refractivity (Wildman–Crippen MR) is 73.4 cm³/mol. The van der Waals surface area contributed by atoms with Crippen LogP contribution in [0.15, 0.2) is 24.3 Å². The molecule has 1 saturated carbocycles. The van der Waals surface area contributed by atoms with Gasteiger partial charge in [-0.05, 0) is 29.9 Å². The van der Waals surface area contributed by atoms with Crippen molar-refractivity contribution in [1.29, 1.82) is 0 Å². The van der Waals surface area contributed by atoms with Gasteiger partial charge in [0.1, 0.15) is 0 Å². The van der Waals surface area contributed by atoms with Gasteiger partial charge in [-0.15, -0.1) is 0 Å². The lowest BCUT2D eigenvalue weighted by atomic mass is 9.97. The van der Waals surface area contributed by atoms with E-state index >= 15 is 0 Å². The Bertz CT molecular complexity index is 400. The van der Waals surface area contributed by atoms with Crippen LogP contribution in [0.3, 0.4) is 0 Å². The van der Waals surface area contributed by atoms with Gasteiger partial charge in [0.05, 0.1) is 19.3 Å². The molecule has 1 aliphatic carbocycles. The number of nitrogens with one attached hydrogen (secondary N) is 1. The second-order valence-corrected chi connectivity index (χ2v) is 5.72. The summed E-state index contributed by atoms with van der Waals surface area (Å²) in [5, 5.41) is 3.81. The fourth-order valence-corrected chi connectivity index (χ4v) is 2.91. The standard InChI is InChI=1S/C16H23NO/c1-2-14(9-12-7-8-12)17-16-11-18-10-13-5-3-4-6-15(13)16/h3-6,12,14,16-17H,2,7-11H2,1H3. The fraction of sp³-hybridized carbons (Fsp3) is 0.625. The molecule has 1 N–H and O–H groups in total. The van der Waals surface area contributed by atoms with E-state index in [9.17, 15) is 0 Å². The molecule has 0 radical (unpaired) electrons. The largest absolute Gasteiger partial charge is 0.375 e. The third-order valence-corrected chi connectivity index (χ3v) is 4.22. The van der Waals surface area contributed by atoms with Crippen LogP contribution in [-0.2, 0) is 11.3 Å². The minimum atomic E-state index is 0.388. The Labute approximate surface area is 110 Å². The van der Waals surface area contributed by atoms with E-state index in [1.165, 1.54) is 36.8 Å². The van der Waals surface area contributed by atoms with E-state index in [1.807, 2.05) is 0 Å². The van der Waals surface area contributed by atoms with Gasteiger partial charge in [-0.2, -0.15) is 0 Å². The first kappa shape index (κ1) is 12.2. The third-order valence-electron chi connectivity index (χ3n) is 4.22. The van der Waals surface area contributed by atoms with E-state index in [1.54, 1.807) is 0 Å². The van der Waals surface area contributed by atoms with Crippen LogP contribution in [0.4, 0.5) is 0 Å². The zero-order valence-corrected chi connectivity index (χ0v) is 11.2. The van der Waals surface area contributed by atoms with E-state index in [0.29, 0.717) is 12.1 Å². The molecule has 1 aromatic rings. The number of ether oxygens (including phenoxy) is 1. The highest BCUT2D eigenvalue weighted by Crippen LogP contribution is 2.35. The van der Waals surface area contributed by atoms with Crippen LogP contribution in [0, 0.1) is 5.92 Å². The summed E-state index contributed by atoms with van der Waals surface area (Å²) in [4.78, 5) is 0. The summed E-state index contributed by atoms with van der Waals surface area (Å²) in [5.41, 5.74) is 2.79. The Morgan fingerprint density at radius 3 is 2.94 bits per heavy atom. The normalized spacial score (nSPS) is 24.6. The van der Waals surface area contributed by atoms with Crippen LogP contribution in [0.5, 0.6) is 0 Å². The topological polar surface area (TPSA) is 21.3 Å². The lowest BCUT2D eigenvalue weighted by Crippen LogP contribution is -2.37. The van der Waals surface area contributed by atoms with E-state index in [0.717, 1.165) is 19.1 Å². The smallest absolute Gasteiger partial charge is 0.0721 e. The zero-order valence-electron chi connectivity index (χ0n) is 11.2. The second-order valence-electron chi connectivity index (χ2n) is 5.72. The molecular weight excluding hydrogens is 222 g/mol. The van der Waals surface area contributed by atoms with Gasteiger partial charge in [0.2, 0.25) is 0 Å². The van der Waals surface area contributed by atoms with Crippen molar-refractivity contribution < 1.29 is 4.74 Å². The molecule has 0 aromatic heterocycles. The first-order chi connectivity index (χ1) is 8.86. The van der Waals surface area contributed by atoms with Gasteiger partial charge in [0.15, 0.2) is 0 Å². The molecule has 0 spiro atoms. The van der Waals surface area contributed by atoms with Crippen molar-refractivity contribution in [2.45, 2.75) is 51.3 Å². The average molecular weight is 245 g/mol. The Kier molecular flexibility index (Phi) is 3.67. The molecule has 2 nitrogen and oxygen atoms in total. The van der Waals surface area contributed by atoms with Crippen LogP contribution in [0.2, 0.25) is 0 Å². The van der Waals surface area contributed by atoms with Crippen LogP contribution in [0.25, 0.3) is 0 Å². The van der Waals surface area contributed by atoms with Gasteiger partial charge in [-0.25, -0.2) is 0 Å². The molecule has 2 unspecified atom stereocenters. The Balaban J connectivity index is 1.68. The van der Waals surface area contributed by atoms with Crippen molar-refractivity contribution in [1.82, 2.24) is 5.32 Å². The SMILES string of the molecule is CCC(CC1CC1)NC1COCc2ccccc21. The molecule has 3 rings (SSSR count). The van der Waals surface area contributed by atoms with E-state index < -0.39 is 0 Å². The van der Waals surface area contributed by atoms with Crippen molar-refractivity contribution in [2.24, 2.45) is 5.92 Å². The number of hydrogen-bond donors (Lipinski definition) is 1. The summed E-state index contributed by atoms with van der Waals surface area (Å²) in [7, 11) is 0. The quantitative estimate of drug-likeness (QED) is 0.858. The molecule has 0 amide bonds. The van der Waals surface area contributed by atoms with Crippen molar-refractivity contribution in [3.63, 3.8) is 0 Å². The predicted octanol–water partition coefficient (Wildman–Crippen LogP) is 3.43. The molecule has 1 aliphatic heterocycles. The third kappa shape index (κ3) is 2.76. The van der Waals surface area contributed by atoms with E-state index in [4.69, 9.17) is 4.74 Å². The lowest BCUT2D eigenvalue weighted by Gasteiger charge is -2.30. The highest BCUT2D eigenvalue weighted by Gasteiger charge is 2.27. The zero-order chi connectivity index (χ0) is 12.4. The number of hydrogen-bond acceptors (Lipinski definition) is 2. The minimum Gasteiger partial charge on any atom is -0.375 e. The Hall–Kier alpha value is -0.860. The van der Waals surface area contributed by atoms with Crippen LogP contribution in [-0.4, -0.2) is 12.6 Å². The molecule has 1 aromatic carbocycles. The van der Waals surface area contributed by atoms with Gasteiger partial charge in [-0.3, -0.25) is 0 Å². The van der Waals surface area contributed by atoms with Gasteiger partial charge in [-0.1, -0.05) is 44.0 Å². The molecule has 1 fully saturated rings. The molecule has 2 atom stereocenters. The molecule has 2 heteroatoms.